The Labute approximate surface area is 148 Å². The van der Waals surface area contributed by atoms with Gasteiger partial charge in [0.05, 0.1) is 29.1 Å². The predicted octanol–water partition coefficient (Wildman–Crippen LogP) is 2.35. The molecule has 1 heterocycles. The summed E-state index contributed by atoms with van der Waals surface area (Å²) in [6, 6.07) is 4.89. The number of carboxylic acids is 1. The summed E-state index contributed by atoms with van der Waals surface area (Å²) >= 11 is 12.0. The molecule has 0 fully saturated rings. The van der Waals surface area contributed by atoms with Crippen molar-refractivity contribution in [1.29, 1.82) is 0 Å². The van der Waals surface area contributed by atoms with Crippen molar-refractivity contribution in [3.05, 3.63) is 46.2 Å². The van der Waals surface area contributed by atoms with Gasteiger partial charge in [0.15, 0.2) is 0 Å². The number of benzene rings is 1. The Morgan fingerprint density at radius 1 is 1.38 bits per heavy atom. The summed E-state index contributed by atoms with van der Waals surface area (Å²) in [6.07, 6.45) is 2.84. The molecule has 1 amide bonds. The van der Waals surface area contributed by atoms with Crippen molar-refractivity contribution in [3.8, 4) is 5.69 Å². The number of nitrogens with zero attached hydrogens (tertiary/aromatic N) is 3. The van der Waals surface area contributed by atoms with Crippen LogP contribution in [-0.2, 0) is 9.53 Å². The van der Waals surface area contributed by atoms with Gasteiger partial charge in [-0.25, -0.2) is 4.68 Å². The highest BCUT2D eigenvalue weighted by atomic mass is 35.5. The number of ether oxygens (including phenoxy) is 1. The molecule has 1 aromatic heterocycles. The highest BCUT2D eigenvalue weighted by Gasteiger charge is 2.20. The maximum Gasteiger partial charge on any atom is 0.323 e. The number of methoxy groups -OCH3 is 1. The van der Waals surface area contributed by atoms with Gasteiger partial charge >= 0.3 is 5.97 Å². The van der Waals surface area contributed by atoms with E-state index in [1.807, 2.05) is 0 Å². The second-order valence-corrected chi connectivity index (χ2v) is 5.73. The van der Waals surface area contributed by atoms with Crippen LogP contribution in [0.1, 0.15) is 10.4 Å². The van der Waals surface area contributed by atoms with Crippen molar-refractivity contribution in [2.24, 2.45) is 0 Å². The van der Waals surface area contributed by atoms with Crippen molar-refractivity contribution in [2.75, 3.05) is 26.8 Å². The molecule has 0 spiro atoms. The maximum absolute atomic E-state index is 12.5. The SMILES string of the molecule is COCCN(CC(=O)O)C(=O)c1cnn(-c2ccc(Cl)cc2Cl)c1. The number of hydrogen-bond donors (Lipinski definition) is 1. The van der Waals surface area contributed by atoms with Crippen molar-refractivity contribution in [1.82, 2.24) is 14.7 Å². The Morgan fingerprint density at radius 2 is 2.12 bits per heavy atom. The molecule has 128 valence electrons. The molecule has 0 aliphatic heterocycles. The fraction of sp³-hybridized carbons (Fsp3) is 0.267. The van der Waals surface area contributed by atoms with Crippen molar-refractivity contribution >= 4 is 35.1 Å². The minimum atomic E-state index is -1.10. The summed E-state index contributed by atoms with van der Waals surface area (Å²) in [5, 5.41) is 13.9. The molecule has 2 rings (SSSR count). The van der Waals surface area contributed by atoms with Crippen LogP contribution >= 0.6 is 23.2 Å². The lowest BCUT2D eigenvalue weighted by Gasteiger charge is -2.19. The molecule has 0 radical (unpaired) electrons. The highest BCUT2D eigenvalue weighted by Crippen LogP contribution is 2.24. The van der Waals surface area contributed by atoms with Gasteiger partial charge in [-0.15, -0.1) is 0 Å². The highest BCUT2D eigenvalue weighted by molar-refractivity contribution is 6.35. The van der Waals surface area contributed by atoms with E-state index in [0.717, 1.165) is 0 Å². The van der Waals surface area contributed by atoms with Crippen molar-refractivity contribution in [2.45, 2.75) is 0 Å². The predicted molar refractivity (Wildman–Crippen MR) is 89.0 cm³/mol. The van der Waals surface area contributed by atoms with Gasteiger partial charge in [-0.05, 0) is 18.2 Å². The lowest BCUT2D eigenvalue weighted by Crippen LogP contribution is -2.37. The molecule has 2 aromatic rings. The standard InChI is InChI=1S/C15H15Cl2N3O4/c1-24-5-4-19(9-14(21)22)15(23)10-7-18-20(8-10)13-3-2-11(16)6-12(13)17/h2-3,6-8H,4-5,9H2,1H3,(H,21,22). The molecule has 0 saturated heterocycles. The van der Waals surface area contributed by atoms with E-state index in [0.29, 0.717) is 15.7 Å². The largest absolute Gasteiger partial charge is 0.480 e. The van der Waals surface area contributed by atoms with E-state index in [4.69, 9.17) is 33.0 Å². The van der Waals surface area contributed by atoms with Crippen LogP contribution < -0.4 is 0 Å². The Kier molecular flexibility index (Phi) is 6.19. The second-order valence-electron chi connectivity index (χ2n) is 4.88. The van der Waals surface area contributed by atoms with Gasteiger partial charge in [0.25, 0.3) is 5.91 Å². The Bertz CT molecular complexity index is 748. The van der Waals surface area contributed by atoms with Crippen LogP contribution in [0.3, 0.4) is 0 Å². The molecule has 7 nitrogen and oxygen atoms in total. The van der Waals surface area contributed by atoms with E-state index < -0.39 is 18.4 Å². The van der Waals surface area contributed by atoms with E-state index in [1.165, 1.54) is 29.1 Å². The van der Waals surface area contributed by atoms with Crippen LogP contribution in [0.2, 0.25) is 10.0 Å². The molecule has 0 bridgehead atoms. The first-order valence-electron chi connectivity index (χ1n) is 6.92. The molecule has 0 unspecified atom stereocenters. The van der Waals surface area contributed by atoms with Gasteiger partial charge in [-0.1, -0.05) is 23.2 Å². The minimum Gasteiger partial charge on any atom is -0.480 e. The Balaban J connectivity index is 2.23. The van der Waals surface area contributed by atoms with Crippen LogP contribution in [0.5, 0.6) is 0 Å². The lowest BCUT2D eigenvalue weighted by atomic mass is 10.3. The molecule has 1 N–H and O–H groups in total. The first-order chi connectivity index (χ1) is 11.4. The summed E-state index contributed by atoms with van der Waals surface area (Å²) in [4.78, 5) is 24.6. The number of carbonyl (C=O) groups excluding carboxylic acids is 1. The minimum absolute atomic E-state index is 0.161. The normalized spacial score (nSPS) is 10.6. The summed E-state index contributed by atoms with van der Waals surface area (Å²) in [7, 11) is 1.48. The number of carbonyl (C=O) groups is 2. The number of carboxylic acid groups (broad SMARTS) is 1. The first kappa shape index (κ1) is 18.3. The lowest BCUT2D eigenvalue weighted by molar-refractivity contribution is -0.137. The molecule has 9 heteroatoms. The Morgan fingerprint density at radius 3 is 2.75 bits per heavy atom. The van der Waals surface area contributed by atoms with Crippen LogP contribution in [0, 0.1) is 0 Å². The van der Waals surface area contributed by atoms with Gasteiger partial charge < -0.3 is 14.7 Å². The van der Waals surface area contributed by atoms with Gasteiger partial charge in [0.1, 0.15) is 6.54 Å². The summed E-state index contributed by atoms with van der Waals surface area (Å²) in [5.41, 5.74) is 0.806. The average Bonchev–Trinajstić information content (AvgIpc) is 3.00. The number of aromatic nitrogens is 2. The average molecular weight is 372 g/mol. The summed E-state index contributed by atoms with van der Waals surface area (Å²) < 4.78 is 6.34. The molecule has 0 aliphatic carbocycles. The number of halogens is 2. The third-order valence-electron chi connectivity index (χ3n) is 3.16. The van der Waals surface area contributed by atoms with Crippen LogP contribution in [0.25, 0.3) is 5.69 Å². The van der Waals surface area contributed by atoms with E-state index in [-0.39, 0.29) is 18.7 Å². The zero-order valence-corrected chi connectivity index (χ0v) is 14.3. The molecule has 1 aromatic carbocycles. The maximum atomic E-state index is 12.5. The molecule has 0 saturated carbocycles. The topological polar surface area (TPSA) is 84.7 Å². The van der Waals surface area contributed by atoms with Crippen LogP contribution in [-0.4, -0.2) is 58.5 Å². The van der Waals surface area contributed by atoms with Gasteiger partial charge in [-0.2, -0.15) is 5.10 Å². The van der Waals surface area contributed by atoms with Crippen LogP contribution in [0.15, 0.2) is 30.6 Å². The monoisotopic (exact) mass is 371 g/mol. The van der Waals surface area contributed by atoms with Gasteiger partial charge in [0, 0.05) is 24.9 Å². The van der Waals surface area contributed by atoms with E-state index in [9.17, 15) is 9.59 Å². The fourth-order valence-corrected chi connectivity index (χ4v) is 2.53. The molecule has 24 heavy (non-hydrogen) atoms. The summed E-state index contributed by atoms with van der Waals surface area (Å²) in [5.74, 6) is -1.56. The van der Waals surface area contributed by atoms with Crippen LogP contribution in [0.4, 0.5) is 0 Å². The Hall–Kier alpha value is -2.09. The quantitative estimate of drug-likeness (QED) is 0.807. The molecule has 0 atom stereocenters. The fourth-order valence-electron chi connectivity index (χ4n) is 2.03. The van der Waals surface area contributed by atoms with Gasteiger partial charge in [-0.3, -0.25) is 9.59 Å². The third-order valence-corrected chi connectivity index (χ3v) is 3.70. The molecular weight excluding hydrogens is 357 g/mol. The number of aliphatic carboxylic acids is 1. The van der Waals surface area contributed by atoms with Crippen molar-refractivity contribution < 1.29 is 19.4 Å². The number of rotatable bonds is 7. The zero-order chi connectivity index (χ0) is 17.7. The number of amides is 1. The van der Waals surface area contributed by atoms with E-state index in [1.54, 1.807) is 18.2 Å². The van der Waals surface area contributed by atoms with Gasteiger partial charge in [0.2, 0.25) is 0 Å². The second kappa shape index (κ2) is 8.14. The first-order valence-corrected chi connectivity index (χ1v) is 7.68. The molecular formula is C15H15Cl2N3O4. The van der Waals surface area contributed by atoms with E-state index in [2.05, 4.69) is 5.10 Å². The van der Waals surface area contributed by atoms with E-state index >= 15 is 0 Å². The zero-order valence-electron chi connectivity index (χ0n) is 12.8. The van der Waals surface area contributed by atoms with Crippen molar-refractivity contribution in [3.63, 3.8) is 0 Å². The number of hydrogen-bond acceptors (Lipinski definition) is 4. The molecule has 0 aliphatic rings. The third kappa shape index (κ3) is 4.47. The summed E-state index contributed by atoms with van der Waals surface area (Å²) in [6.45, 7) is -0.0280. The smallest absolute Gasteiger partial charge is 0.323 e.